The van der Waals surface area contributed by atoms with Crippen LogP contribution in [-0.4, -0.2) is 20.8 Å². The first kappa shape index (κ1) is 14.8. The molecule has 2 saturated carbocycles. The molecule has 2 aliphatic carbocycles. The van der Waals surface area contributed by atoms with Crippen molar-refractivity contribution in [1.82, 2.24) is 0 Å². The first-order chi connectivity index (χ1) is 9.95. The van der Waals surface area contributed by atoms with Gasteiger partial charge in [0.1, 0.15) is 16.5 Å². The highest BCUT2D eigenvalue weighted by Gasteiger charge is 2.30. The molecule has 0 radical (unpaired) electrons. The fourth-order valence-corrected chi connectivity index (χ4v) is 3.77. The molecule has 5 heteroatoms. The second-order valence-electron chi connectivity index (χ2n) is 6.24. The van der Waals surface area contributed by atoms with Crippen LogP contribution in [0.3, 0.4) is 0 Å². The highest BCUT2D eigenvalue weighted by Crippen LogP contribution is 2.46. The average Bonchev–Trinajstić information content (AvgIpc) is 3.23. The summed E-state index contributed by atoms with van der Waals surface area (Å²) in [5.74, 6) is 0.173. The number of rotatable bonds is 4. The number of halogens is 1. The summed E-state index contributed by atoms with van der Waals surface area (Å²) >= 11 is 0. The Morgan fingerprint density at radius 3 is 2.33 bits per heavy atom. The lowest BCUT2D eigenvalue weighted by molar-refractivity contribution is 0.153. The second kappa shape index (κ2) is 5.59. The van der Waals surface area contributed by atoms with E-state index in [4.69, 9.17) is 4.74 Å². The average molecular weight is 312 g/mol. The largest absolute Gasteiger partial charge is 0.490 e. The molecule has 0 bridgehead atoms. The summed E-state index contributed by atoms with van der Waals surface area (Å²) in [5.41, 5.74) is 0.863. The van der Waals surface area contributed by atoms with Crippen LogP contribution in [0.5, 0.6) is 5.75 Å². The third-order valence-electron chi connectivity index (χ3n) is 4.33. The van der Waals surface area contributed by atoms with Gasteiger partial charge < -0.3 is 4.74 Å². The van der Waals surface area contributed by atoms with Gasteiger partial charge in [0.2, 0.25) is 0 Å². The lowest BCUT2D eigenvalue weighted by Gasteiger charge is -2.24. The Labute approximate surface area is 125 Å². The van der Waals surface area contributed by atoms with Gasteiger partial charge in [-0.05, 0) is 56.1 Å². The van der Waals surface area contributed by atoms with Crippen LogP contribution in [0.4, 0.5) is 4.39 Å². The Kier molecular flexibility index (Phi) is 3.95. The Morgan fingerprint density at radius 2 is 1.76 bits per heavy atom. The van der Waals surface area contributed by atoms with Gasteiger partial charge in [0.15, 0.2) is 9.84 Å². The van der Waals surface area contributed by atoms with Crippen molar-refractivity contribution in [2.24, 2.45) is 0 Å². The maximum absolute atomic E-state index is 14.1. The van der Waals surface area contributed by atoms with Crippen molar-refractivity contribution in [3.05, 3.63) is 23.5 Å². The molecule has 3 nitrogen and oxygen atoms in total. The lowest BCUT2D eigenvalue weighted by Crippen LogP contribution is -2.20. The Morgan fingerprint density at radius 1 is 1.10 bits per heavy atom. The van der Waals surface area contributed by atoms with Gasteiger partial charge in [0, 0.05) is 12.3 Å². The van der Waals surface area contributed by atoms with Crippen LogP contribution >= 0.6 is 0 Å². The van der Waals surface area contributed by atoms with Gasteiger partial charge >= 0.3 is 0 Å². The van der Waals surface area contributed by atoms with Gasteiger partial charge in [-0.2, -0.15) is 0 Å². The van der Waals surface area contributed by atoms with Crippen LogP contribution in [0.15, 0.2) is 17.0 Å². The van der Waals surface area contributed by atoms with Crippen molar-refractivity contribution in [2.45, 2.75) is 61.9 Å². The topological polar surface area (TPSA) is 43.4 Å². The summed E-state index contributed by atoms with van der Waals surface area (Å²) in [6.07, 6.45) is 8.76. The second-order valence-corrected chi connectivity index (χ2v) is 8.23. The van der Waals surface area contributed by atoms with Gasteiger partial charge in [0.05, 0.1) is 6.10 Å². The molecule has 1 aromatic rings. The molecule has 2 aliphatic rings. The Bertz CT molecular complexity index is 629. The minimum Gasteiger partial charge on any atom is -0.490 e. The van der Waals surface area contributed by atoms with Gasteiger partial charge in [0.25, 0.3) is 0 Å². The molecule has 21 heavy (non-hydrogen) atoms. The maximum atomic E-state index is 14.1. The predicted molar refractivity (Wildman–Crippen MR) is 79.0 cm³/mol. The Hall–Kier alpha value is -1.10. The van der Waals surface area contributed by atoms with E-state index in [1.807, 2.05) is 0 Å². The van der Waals surface area contributed by atoms with E-state index in [1.165, 1.54) is 18.6 Å². The quantitative estimate of drug-likeness (QED) is 0.849. The molecule has 0 aliphatic heterocycles. The van der Waals surface area contributed by atoms with Gasteiger partial charge in [-0.25, -0.2) is 12.8 Å². The molecule has 0 N–H and O–H groups in total. The van der Waals surface area contributed by atoms with Crippen molar-refractivity contribution in [1.29, 1.82) is 0 Å². The smallest absolute Gasteiger partial charge is 0.178 e. The number of sulfone groups is 1. The van der Waals surface area contributed by atoms with Gasteiger partial charge in [-0.3, -0.25) is 0 Å². The van der Waals surface area contributed by atoms with Gasteiger partial charge in [-0.15, -0.1) is 0 Å². The third kappa shape index (κ3) is 3.39. The molecule has 0 atom stereocenters. The fourth-order valence-electron chi connectivity index (χ4n) is 3.01. The maximum Gasteiger partial charge on any atom is 0.178 e. The lowest BCUT2D eigenvalue weighted by atomic mass is 9.97. The predicted octanol–water partition coefficient (Wildman–Crippen LogP) is 3.82. The fraction of sp³-hybridized carbons (Fsp3) is 0.625. The monoisotopic (exact) mass is 312 g/mol. The zero-order valence-corrected chi connectivity index (χ0v) is 13.1. The highest BCUT2D eigenvalue weighted by molar-refractivity contribution is 7.90. The van der Waals surface area contributed by atoms with Crippen LogP contribution in [0.25, 0.3) is 0 Å². The van der Waals surface area contributed by atoms with Gasteiger partial charge in [-0.1, -0.05) is 6.42 Å². The normalized spacial score (nSPS) is 20.5. The van der Waals surface area contributed by atoms with Crippen LogP contribution in [0, 0.1) is 5.82 Å². The summed E-state index contributed by atoms with van der Waals surface area (Å²) < 4.78 is 43.4. The minimum absolute atomic E-state index is 0.139. The van der Waals surface area contributed by atoms with Crippen LogP contribution in [0.1, 0.15) is 56.4 Å². The van der Waals surface area contributed by atoms with Crippen molar-refractivity contribution in [3.8, 4) is 5.75 Å². The first-order valence-corrected chi connectivity index (χ1v) is 9.54. The van der Waals surface area contributed by atoms with E-state index in [1.54, 1.807) is 0 Å². The van der Waals surface area contributed by atoms with E-state index in [-0.39, 0.29) is 11.0 Å². The molecule has 116 valence electrons. The first-order valence-electron chi connectivity index (χ1n) is 7.65. The summed E-state index contributed by atoms with van der Waals surface area (Å²) in [4.78, 5) is -0.208. The molecule has 3 rings (SSSR count). The molecule has 1 aromatic carbocycles. The SMILES string of the molecule is CS(=O)(=O)c1cc(C2CC2)c(OC2CCCCC2)cc1F. The molecular weight excluding hydrogens is 291 g/mol. The summed E-state index contributed by atoms with van der Waals surface area (Å²) in [6, 6.07) is 2.76. The van der Waals surface area contributed by atoms with E-state index in [2.05, 4.69) is 0 Å². The molecule has 0 aromatic heterocycles. The standard InChI is InChI=1S/C16H21FO3S/c1-21(18,19)16-9-13(11-7-8-11)15(10-14(16)17)20-12-5-3-2-4-6-12/h9-12H,2-8H2,1H3. The van der Waals surface area contributed by atoms with Crippen molar-refractivity contribution < 1.29 is 17.5 Å². The van der Waals surface area contributed by atoms with E-state index in [0.29, 0.717) is 11.7 Å². The molecule has 0 heterocycles. The van der Waals surface area contributed by atoms with E-state index < -0.39 is 15.7 Å². The highest BCUT2D eigenvalue weighted by atomic mass is 32.2. The van der Waals surface area contributed by atoms with Crippen molar-refractivity contribution in [3.63, 3.8) is 0 Å². The van der Waals surface area contributed by atoms with Crippen molar-refractivity contribution >= 4 is 9.84 Å². The molecular formula is C16H21FO3S. The number of hydrogen-bond donors (Lipinski definition) is 0. The summed E-state index contributed by atoms with van der Waals surface area (Å²) in [7, 11) is -3.54. The van der Waals surface area contributed by atoms with Crippen LogP contribution in [0.2, 0.25) is 0 Å². The van der Waals surface area contributed by atoms with Crippen molar-refractivity contribution in [2.75, 3.05) is 6.26 Å². The zero-order chi connectivity index (χ0) is 15.0. The van der Waals surface area contributed by atoms with E-state index in [0.717, 1.165) is 50.3 Å². The van der Waals surface area contributed by atoms with E-state index in [9.17, 15) is 12.8 Å². The minimum atomic E-state index is -3.54. The Balaban J connectivity index is 1.93. The third-order valence-corrected chi connectivity index (χ3v) is 5.44. The number of hydrogen-bond acceptors (Lipinski definition) is 3. The molecule has 0 spiro atoms. The van der Waals surface area contributed by atoms with E-state index >= 15 is 0 Å². The zero-order valence-electron chi connectivity index (χ0n) is 12.3. The molecule has 2 fully saturated rings. The molecule has 0 amide bonds. The summed E-state index contributed by atoms with van der Waals surface area (Å²) in [5, 5.41) is 0. The number of benzene rings is 1. The number of ether oxygens (including phenoxy) is 1. The van der Waals surface area contributed by atoms with Crippen LogP contribution in [-0.2, 0) is 9.84 Å². The summed E-state index contributed by atoms with van der Waals surface area (Å²) in [6.45, 7) is 0. The van der Waals surface area contributed by atoms with Crippen LogP contribution < -0.4 is 4.74 Å². The molecule has 0 unspecified atom stereocenters. The molecule has 0 saturated heterocycles.